The zero-order valence-corrected chi connectivity index (χ0v) is 10.9. The molecule has 2 rings (SSSR count). The molecule has 1 atom stereocenters. The number of nitrogen functional groups attached to an aromatic ring is 1. The molecule has 2 heterocycles. The minimum absolute atomic E-state index is 0.409. The fourth-order valence-electron chi connectivity index (χ4n) is 2.47. The van der Waals surface area contributed by atoms with Gasteiger partial charge in [0.15, 0.2) is 0 Å². The fraction of sp³-hybridized carbons (Fsp3) is 0.538. The third-order valence-corrected chi connectivity index (χ3v) is 3.49. The number of piperidine rings is 1. The molecule has 2 N–H and O–H groups in total. The van der Waals surface area contributed by atoms with E-state index in [4.69, 9.17) is 11.0 Å². The van der Waals surface area contributed by atoms with E-state index in [9.17, 15) is 0 Å². The summed E-state index contributed by atoms with van der Waals surface area (Å²) in [5.74, 6) is 0.729. The Morgan fingerprint density at radius 2 is 2.39 bits per heavy atom. The number of nitriles is 1. The minimum atomic E-state index is 0.409. The van der Waals surface area contributed by atoms with Crippen molar-refractivity contribution >= 4 is 11.5 Å². The summed E-state index contributed by atoms with van der Waals surface area (Å²) >= 11 is 0. The number of hydrogen-bond donors (Lipinski definition) is 1. The van der Waals surface area contributed by atoms with Crippen molar-refractivity contribution in [1.82, 2.24) is 9.88 Å². The van der Waals surface area contributed by atoms with Crippen LogP contribution >= 0.6 is 0 Å². The highest BCUT2D eigenvalue weighted by Gasteiger charge is 2.23. The molecule has 1 aliphatic rings. The summed E-state index contributed by atoms with van der Waals surface area (Å²) in [7, 11) is 4.13. The lowest BCUT2D eigenvalue weighted by Crippen LogP contribution is -2.45. The minimum Gasteiger partial charge on any atom is -0.397 e. The predicted molar refractivity (Wildman–Crippen MR) is 72.3 cm³/mol. The van der Waals surface area contributed by atoms with Crippen molar-refractivity contribution < 1.29 is 0 Å². The highest BCUT2D eigenvalue weighted by molar-refractivity contribution is 5.59. The van der Waals surface area contributed by atoms with Gasteiger partial charge in [-0.25, -0.2) is 4.98 Å². The van der Waals surface area contributed by atoms with Gasteiger partial charge in [-0.1, -0.05) is 0 Å². The fourth-order valence-corrected chi connectivity index (χ4v) is 2.47. The van der Waals surface area contributed by atoms with Crippen molar-refractivity contribution in [3.63, 3.8) is 0 Å². The zero-order valence-electron chi connectivity index (χ0n) is 10.9. The second-order valence-corrected chi connectivity index (χ2v) is 4.92. The Morgan fingerprint density at radius 3 is 3.06 bits per heavy atom. The molecule has 0 aromatic carbocycles. The summed E-state index contributed by atoms with van der Waals surface area (Å²) < 4.78 is 0. The smallest absolute Gasteiger partial charge is 0.146 e. The van der Waals surface area contributed by atoms with Crippen LogP contribution in [0.5, 0.6) is 0 Å². The number of nitrogens with two attached hydrogens (primary N) is 1. The predicted octanol–water partition coefficient (Wildman–Crippen LogP) is 1.07. The second-order valence-electron chi connectivity index (χ2n) is 4.92. The second kappa shape index (κ2) is 5.23. The molecular weight excluding hydrogens is 226 g/mol. The Kier molecular flexibility index (Phi) is 3.68. The van der Waals surface area contributed by atoms with Gasteiger partial charge in [0.1, 0.15) is 11.9 Å². The lowest BCUT2D eigenvalue weighted by atomic mass is 10.0. The van der Waals surface area contributed by atoms with Crippen LogP contribution in [-0.2, 0) is 0 Å². The standard InChI is InChI=1S/C13H19N5/c1-17-5-3-4-12(9-17)18(2)13-10(7-14)6-11(15)8-16-13/h6,8,12H,3-5,9,15H2,1-2H3. The molecule has 1 unspecified atom stereocenters. The van der Waals surface area contributed by atoms with E-state index in [0.29, 0.717) is 17.3 Å². The van der Waals surface area contributed by atoms with Crippen molar-refractivity contribution in [1.29, 1.82) is 5.26 Å². The van der Waals surface area contributed by atoms with Crippen LogP contribution in [0.25, 0.3) is 0 Å². The summed E-state index contributed by atoms with van der Waals surface area (Å²) in [4.78, 5) is 8.73. The summed E-state index contributed by atoms with van der Waals surface area (Å²) in [5.41, 5.74) is 6.74. The van der Waals surface area contributed by atoms with Crippen LogP contribution in [0.2, 0.25) is 0 Å². The van der Waals surface area contributed by atoms with Crippen molar-refractivity contribution in [2.45, 2.75) is 18.9 Å². The molecule has 1 aliphatic heterocycles. The van der Waals surface area contributed by atoms with E-state index >= 15 is 0 Å². The SMILES string of the molecule is CN1CCCC(N(C)c2ncc(N)cc2C#N)C1. The zero-order chi connectivity index (χ0) is 13.1. The number of hydrogen-bond acceptors (Lipinski definition) is 5. The van der Waals surface area contributed by atoms with Gasteiger partial charge in [0.05, 0.1) is 17.4 Å². The highest BCUT2D eigenvalue weighted by atomic mass is 15.2. The number of likely N-dealkylation sites (tertiary alicyclic amines) is 1. The number of pyridine rings is 1. The van der Waals surface area contributed by atoms with Gasteiger partial charge in [0.25, 0.3) is 0 Å². The first-order valence-corrected chi connectivity index (χ1v) is 6.19. The van der Waals surface area contributed by atoms with E-state index in [1.54, 1.807) is 12.3 Å². The molecule has 18 heavy (non-hydrogen) atoms. The van der Waals surface area contributed by atoms with Gasteiger partial charge >= 0.3 is 0 Å². The van der Waals surface area contributed by atoms with Gasteiger partial charge in [-0.05, 0) is 32.5 Å². The average molecular weight is 245 g/mol. The van der Waals surface area contributed by atoms with Crippen LogP contribution in [-0.4, -0.2) is 43.1 Å². The summed E-state index contributed by atoms with van der Waals surface area (Å²) in [6.45, 7) is 2.15. The van der Waals surface area contributed by atoms with E-state index < -0.39 is 0 Å². The van der Waals surface area contributed by atoms with Crippen LogP contribution in [0.15, 0.2) is 12.3 Å². The molecule has 0 bridgehead atoms. The molecule has 1 aromatic rings. The van der Waals surface area contributed by atoms with E-state index in [1.807, 2.05) is 7.05 Å². The summed E-state index contributed by atoms with van der Waals surface area (Å²) in [6, 6.07) is 4.26. The average Bonchev–Trinajstić information content (AvgIpc) is 2.37. The third-order valence-electron chi connectivity index (χ3n) is 3.49. The molecule has 0 spiro atoms. The topological polar surface area (TPSA) is 69.2 Å². The number of aromatic nitrogens is 1. The molecule has 1 saturated heterocycles. The Hall–Kier alpha value is -1.80. The first-order valence-electron chi connectivity index (χ1n) is 6.19. The first-order chi connectivity index (χ1) is 8.61. The highest BCUT2D eigenvalue weighted by Crippen LogP contribution is 2.23. The van der Waals surface area contributed by atoms with Crippen molar-refractivity contribution in [2.75, 3.05) is 37.8 Å². The maximum Gasteiger partial charge on any atom is 0.146 e. The van der Waals surface area contributed by atoms with Crippen molar-refractivity contribution in [3.05, 3.63) is 17.8 Å². The maximum atomic E-state index is 9.16. The molecule has 0 radical (unpaired) electrons. The van der Waals surface area contributed by atoms with Gasteiger partial charge in [0.2, 0.25) is 0 Å². The van der Waals surface area contributed by atoms with Crippen molar-refractivity contribution in [3.8, 4) is 6.07 Å². The van der Waals surface area contributed by atoms with Gasteiger partial charge in [-0.15, -0.1) is 0 Å². The van der Waals surface area contributed by atoms with Crippen molar-refractivity contribution in [2.24, 2.45) is 0 Å². The normalized spacial score (nSPS) is 20.4. The number of anilines is 2. The molecule has 1 aromatic heterocycles. The van der Waals surface area contributed by atoms with Crippen LogP contribution in [0.1, 0.15) is 18.4 Å². The van der Waals surface area contributed by atoms with E-state index in [1.165, 1.54) is 6.42 Å². The quantitative estimate of drug-likeness (QED) is 0.844. The van der Waals surface area contributed by atoms with Crippen LogP contribution < -0.4 is 10.6 Å². The van der Waals surface area contributed by atoms with Gasteiger partial charge in [-0.3, -0.25) is 0 Å². The Balaban J connectivity index is 2.23. The van der Waals surface area contributed by atoms with Gasteiger partial charge in [-0.2, -0.15) is 5.26 Å². The largest absolute Gasteiger partial charge is 0.397 e. The number of likely N-dealkylation sites (N-methyl/N-ethyl adjacent to an activating group) is 2. The molecule has 5 nitrogen and oxygen atoms in total. The molecule has 5 heteroatoms. The van der Waals surface area contributed by atoms with E-state index in [0.717, 1.165) is 25.3 Å². The summed E-state index contributed by atoms with van der Waals surface area (Å²) in [5, 5.41) is 9.16. The Morgan fingerprint density at radius 1 is 1.61 bits per heavy atom. The molecule has 1 fully saturated rings. The Bertz CT molecular complexity index is 465. The van der Waals surface area contributed by atoms with E-state index in [2.05, 4.69) is 27.9 Å². The molecule has 96 valence electrons. The maximum absolute atomic E-state index is 9.16. The number of nitrogens with zero attached hydrogens (tertiary/aromatic N) is 4. The van der Waals surface area contributed by atoms with Gasteiger partial charge < -0.3 is 15.5 Å². The monoisotopic (exact) mass is 245 g/mol. The lowest BCUT2D eigenvalue weighted by molar-refractivity contribution is 0.247. The molecular formula is C13H19N5. The molecule has 0 aliphatic carbocycles. The van der Waals surface area contributed by atoms with E-state index in [-0.39, 0.29) is 0 Å². The molecule has 0 saturated carbocycles. The number of rotatable bonds is 2. The summed E-state index contributed by atoms with van der Waals surface area (Å²) in [6.07, 6.45) is 3.93. The van der Waals surface area contributed by atoms with Crippen LogP contribution in [0.4, 0.5) is 11.5 Å². The Labute approximate surface area is 108 Å². The van der Waals surface area contributed by atoms with Crippen LogP contribution in [0, 0.1) is 11.3 Å². The first kappa shape index (κ1) is 12.7. The lowest BCUT2D eigenvalue weighted by Gasteiger charge is -2.36. The van der Waals surface area contributed by atoms with Crippen LogP contribution in [0.3, 0.4) is 0 Å². The third kappa shape index (κ3) is 2.54. The van der Waals surface area contributed by atoms with Gasteiger partial charge in [0, 0.05) is 19.6 Å². The molecule has 0 amide bonds.